The Labute approximate surface area is 217 Å². The van der Waals surface area contributed by atoms with Crippen molar-refractivity contribution in [1.29, 1.82) is 0 Å². The van der Waals surface area contributed by atoms with E-state index in [0.29, 0.717) is 11.1 Å². The topological polar surface area (TPSA) is 77.2 Å². The molecule has 1 saturated heterocycles. The Morgan fingerprint density at radius 1 is 1.14 bits per heavy atom. The molecule has 0 spiro atoms. The molecule has 1 aliphatic rings. The Morgan fingerprint density at radius 2 is 1.89 bits per heavy atom. The van der Waals surface area contributed by atoms with Gasteiger partial charge in [0.05, 0.1) is 34.4 Å². The van der Waals surface area contributed by atoms with Gasteiger partial charge in [0.15, 0.2) is 0 Å². The predicted molar refractivity (Wildman–Crippen MR) is 144 cm³/mol. The summed E-state index contributed by atoms with van der Waals surface area (Å²) in [5.41, 5.74) is 6.59. The zero-order chi connectivity index (χ0) is 24.8. The third-order valence-corrected chi connectivity index (χ3v) is 8.24. The number of aryl methyl sites for hydroxylation is 1. The third-order valence-electron chi connectivity index (χ3n) is 6.85. The Balaban J connectivity index is 1.47. The van der Waals surface area contributed by atoms with Crippen molar-refractivity contribution < 1.29 is 14.6 Å². The van der Waals surface area contributed by atoms with Gasteiger partial charge in [-0.25, -0.2) is 4.98 Å². The number of carboxylic acid groups (broad SMARTS) is 1. The summed E-state index contributed by atoms with van der Waals surface area (Å²) in [4.78, 5) is 16.7. The maximum atomic E-state index is 11.7. The highest BCUT2D eigenvalue weighted by Gasteiger charge is 2.21. The van der Waals surface area contributed by atoms with Gasteiger partial charge in [0.1, 0.15) is 5.01 Å². The monoisotopic (exact) mass is 517 g/mol. The molecular formula is C28H24ClN3O3S. The molecule has 0 bridgehead atoms. The van der Waals surface area contributed by atoms with Crippen LogP contribution in [0.2, 0.25) is 5.02 Å². The summed E-state index contributed by atoms with van der Waals surface area (Å²) in [6.07, 6.45) is 3.82. The zero-order valence-electron chi connectivity index (χ0n) is 19.7. The minimum atomic E-state index is -0.857. The number of nitrogens with zero attached hydrogens (tertiary/aromatic N) is 3. The summed E-state index contributed by atoms with van der Waals surface area (Å²) >= 11 is 7.73. The first kappa shape index (κ1) is 23.2. The number of ether oxygens (including phenoxy) is 1. The molecule has 6 nitrogen and oxygen atoms in total. The van der Waals surface area contributed by atoms with Crippen molar-refractivity contribution in [2.45, 2.75) is 32.2 Å². The Kier molecular flexibility index (Phi) is 5.99. The minimum Gasteiger partial charge on any atom is -0.481 e. The number of fused-ring (bicyclic) bond motifs is 2. The van der Waals surface area contributed by atoms with Crippen molar-refractivity contribution in [3.8, 4) is 21.7 Å². The largest absolute Gasteiger partial charge is 0.481 e. The van der Waals surface area contributed by atoms with Crippen LogP contribution in [-0.2, 0) is 16.0 Å². The molecule has 1 aliphatic heterocycles. The van der Waals surface area contributed by atoms with Gasteiger partial charge in [-0.05, 0) is 72.9 Å². The van der Waals surface area contributed by atoms with Crippen LogP contribution in [-0.4, -0.2) is 39.1 Å². The van der Waals surface area contributed by atoms with Crippen molar-refractivity contribution in [2.75, 3.05) is 13.2 Å². The van der Waals surface area contributed by atoms with E-state index in [9.17, 15) is 9.90 Å². The van der Waals surface area contributed by atoms with E-state index in [1.54, 1.807) is 11.3 Å². The molecule has 36 heavy (non-hydrogen) atoms. The van der Waals surface area contributed by atoms with E-state index in [2.05, 4.69) is 28.0 Å². The predicted octanol–water partition coefficient (Wildman–Crippen LogP) is 6.92. The molecule has 6 rings (SSSR count). The number of thiazole rings is 1. The SMILES string of the molecule is Cc1cc2nc(-c3ccc4c(cnn4C4CCOCC4)c3)sc2c(-c2ccc(Cl)cc2)c1CC(=O)O. The average Bonchev–Trinajstić information content (AvgIpc) is 3.49. The van der Waals surface area contributed by atoms with Gasteiger partial charge in [-0.3, -0.25) is 9.48 Å². The van der Waals surface area contributed by atoms with Crippen LogP contribution >= 0.6 is 22.9 Å². The number of hydrogen-bond donors (Lipinski definition) is 1. The molecule has 0 atom stereocenters. The normalized spacial score (nSPS) is 14.6. The van der Waals surface area contributed by atoms with Crippen molar-refractivity contribution in [2.24, 2.45) is 0 Å². The Bertz CT molecular complexity index is 1600. The number of carboxylic acids is 1. The molecule has 3 aromatic carbocycles. The van der Waals surface area contributed by atoms with E-state index in [0.717, 1.165) is 80.0 Å². The number of halogens is 1. The van der Waals surface area contributed by atoms with Crippen LogP contribution < -0.4 is 0 Å². The minimum absolute atomic E-state index is 0.0513. The van der Waals surface area contributed by atoms with Gasteiger partial charge >= 0.3 is 5.97 Å². The van der Waals surface area contributed by atoms with Crippen LogP contribution in [0.3, 0.4) is 0 Å². The smallest absolute Gasteiger partial charge is 0.307 e. The van der Waals surface area contributed by atoms with E-state index in [-0.39, 0.29) is 6.42 Å². The summed E-state index contributed by atoms with van der Waals surface area (Å²) in [5, 5.41) is 16.9. The number of aliphatic carboxylic acids is 1. The third kappa shape index (κ3) is 4.17. The molecule has 182 valence electrons. The van der Waals surface area contributed by atoms with Gasteiger partial charge in [-0.15, -0.1) is 11.3 Å². The lowest BCUT2D eigenvalue weighted by molar-refractivity contribution is -0.136. The first-order chi connectivity index (χ1) is 17.5. The van der Waals surface area contributed by atoms with Crippen LogP contribution in [0.25, 0.3) is 42.8 Å². The van der Waals surface area contributed by atoms with Gasteiger partial charge < -0.3 is 9.84 Å². The van der Waals surface area contributed by atoms with Crippen molar-refractivity contribution in [1.82, 2.24) is 14.8 Å². The molecule has 2 aromatic heterocycles. The first-order valence-electron chi connectivity index (χ1n) is 11.9. The van der Waals surface area contributed by atoms with Crippen LogP contribution in [0.1, 0.15) is 30.0 Å². The fourth-order valence-electron chi connectivity index (χ4n) is 5.07. The summed E-state index contributed by atoms with van der Waals surface area (Å²) in [7, 11) is 0. The van der Waals surface area contributed by atoms with Gasteiger partial charge in [0.2, 0.25) is 0 Å². The van der Waals surface area contributed by atoms with Crippen molar-refractivity contribution in [3.05, 3.63) is 70.9 Å². The molecule has 1 fully saturated rings. The fraction of sp³-hybridized carbons (Fsp3) is 0.250. The van der Waals surface area contributed by atoms with Gasteiger partial charge in [-0.1, -0.05) is 23.7 Å². The molecule has 1 N–H and O–H groups in total. The highest BCUT2D eigenvalue weighted by Crippen LogP contribution is 2.41. The fourth-order valence-corrected chi connectivity index (χ4v) is 6.33. The van der Waals surface area contributed by atoms with E-state index in [1.165, 1.54) is 0 Å². The quantitative estimate of drug-likeness (QED) is 0.274. The zero-order valence-corrected chi connectivity index (χ0v) is 21.3. The van der Waals surface area contributed by atoms with Crippen LogP contribution in [0.4, 0.5) is 0 Å². The lowest BCUT2D eigenvalue weighted by Crippen LogP contribution is -2.20. The second kappa shape index (κ2) is 9.32. The molecule has 5 aromatic rings. The molecule has 8 heteroatoms. The van der Waals surface area contributed by atoms with E-state index in [1.807, 2.05) is 43.5 Å². The van der Waals surface area contributed by atoms with Crippen molar-refractivity contribution in [3.63, 3.8) is 0 Å². The number of rotatable bonds is 5. The molecule has 0 saturated carbocycles. The van der Waals surface area contributed by atoms with Crippen molar-refractivity contribution >= 4 is 50.0 Å². The number of benzene rings is 3. The number of carbonyl (C=O) groups is 1. The van der Waals surface area contributed by atoms with E-state index >= 15 is 0 Å². The van der Waals surface area contributed by atoms with E-state index in [4.69, 9.17) is 21.3 Å². The van der Waals surface area contributed by atoms with Gasteiger partial charge in [0, 0.05) is 34.7 Å². The second-order valence-corrected chi connectivity index (χ2v) is 10.6. The summed E-state index contributed by atoms with van der Waals surface area (Å²) < 4.78 is 8.62. The highest BCUT2D eigenvalue weighted by molar-refractivity contribution is 7.22. The maximum absolute atomic E-state index is 11.7. The summed E-state index contributed by atoms with van der Waals surface area (Å²) in [5.74, 6) is -0.857. The molecule has 0 amide bonds. The van der Waals surface area contributed by atoms with E-state index < -0.39 is 5.97 Å². The summed E-state index contributed by atoms with van der Waals surface area (Å²) in [6, 6.07) is 16.3. The standard InChI is InChI=1S/C28H24ClN3O3S/c1-16-12-23-27(26(22(16)14-25(33)34)17-2-5-20(29)6-3-17)36-28(31-23)18-4-7-24-19(13-18)15-30-32(24)21-8-10-35-11-9-21/h2-7,12-13,15,21H,8-11,14H2,1H3,(H,33,34). The van der Waals surface area contributed by atoms with Crippen LogP contribution in [0.15, 0.2) is 54.7 Å². The lowest BCUT2D eigenvalue weighted by atomic mass is 9.93. The molecule has 0 unspecified atom stereocenters. The lowest BCUT2D eigenvalue weighted by Gasteiger charge is -2.23. The number of aromatic nitrogens is 3. The Hall–Kier alpha value is -3.26. The molecular weight excluding hydrogens is 494 g/mol. The molecule has 0 radical (unpaired) electrons. The van der Waals surface area contributed by atoms with Crippen LogP contribution in [0.5, 0.6) is 0 Å². The maximum Gasteiger partial charge on any atom is 0.307 e. The van der Waals surface area contributed by atoms with Gasteiger partial charge in [0.25, 0.3) is 0 Å². The first-order valence-corrected chi connectivity index (χ1v) is 13.1. The van der Waals surface area contributed by atoms with Crippen LogP contribution in [0, 0.1) is 6.92 Å². The number of hydrogen-bond acceptors (Lipinski definition) is 5. The van der Waals surface area contributed by atoms with Gasteiger partial charge in [-0.2, -0.15) is 5.10 Å². The second-order valence-electron chi connectivity index (χ2n) is 9.20. The molecule has 0 aliphatic carbocycles. The summed E-state index contributed by atoms with van der Waals surface area (Å²) in [6.45, 7) is 3.50. The molecule has 3 heterocycles. The Morgan fingerprint density at radius 3 is 2.64 bits per heavy atom. The average molecular weight is 518 g/mol. The highest BCUT2D eigenvalue weighted by atomic mass is 35.5.